The zero-order valence-corrected chi connectivity index (χ0v) is 15.3. The lowest BCUT2D eigenvalue weighted by Gasteiger charge is -2.03. The van der Waals surface area contributed by atoms with E-state index in [1.54, 1.807) is 24.5 Å². The summed E-state index contributed by atoms with van der Waals surface area (Å²) in [5, 5.41) is 11.9. The lowest BCUT2D eigenvalue weighted by Crippen LogP contribution is -2.12. The smallest absolute Gasteiger partial charge is 0.170 e. The lowest BCUT2D eigenvalue weighted by atomic mass is 10.0. The summed E-state index contributed by atoms with van der Waals surface area (Å²) in [6.07, 6.45) is 3.53. The monoisotopic (exact) mass is 369 g/mol. The number of rotatable bonds is 4. The zero-order valence-electron chi connectivity index (χ0n) is 15.3. The van der Waals surface area contributed by atoms with Crippen LogP contribution >= 0.6 is 0 Å². The van der Waals surface area contributed by atoms with Crippen molar-refractivity contribution in [1.29, 1.82) is 0 Å². The van der Waals surface area contributed by atoms with Crippen molar-refractivity contribution in [2.45, 2.75) is 6.92 Å². The van der Waals surface area contributed by atoms with Crippen LogP contribution in [0.15, 0.2) is 78.2 Å². The molecule has 0 aliphatic carbocycles. The summed E-state index contributed by atoms with van der Waals surface area (Å²) < 4.78 is 0. The number of aromatic nitrogens is 3. The zero-order chi connectivity index (χ0) is 19.5. The van der Waals surface area contributed by atoms with Crippen LogP contribution < -0.4 is 5.73 Å². The molecule has 0 radical (unpaired) electrons. The second-order valence-electron chi connectivity index (χ2n) is 6.48. The Morgan fingerprint density at radius 2 is 1.71 bits per heavy atom. The van der Waals surface area contributed by atoms with E-state index in [0.29, 0.717) is 5.56 Å². The third kappa shape index (κ3) is 3.35. The number of hydrogen-bond donors (Lipinski definition) is 3. The van der Waals surface area contributed by atoms with Gasteiger partial charge in [0.2, 0.25) is 0 Å². The van der Waals surface area contributed by atoms with E-state index in [-0.39, 0.29) is 5.84 Å². The van der Waals surface area contributed by atoms with Gasteiger partial charge in [-0.25, -0.2) is 4.98 Å². The third-order valence-corrected chi connectivity index (χ3v) is 4.53. The quantitative estimate of drug-likeness (QED) is 0.217. The first kappa shape index (κ1) is 17.5. The maximum atomic E-state index is 8.83. The normalized spacial score (nSPS) is 11.5. The van der Waals surface area contributed by atoms with E-state index in [0.717, 1.165) is 33.9 Å². The van der Waals surface area contributed by atoms with Crippen LogP contribution in [0, 0.1) is 6.92 Å². The summed E-state index contributed by atoms with van der Waals surface area (Å²) in [6.45, 7) is 2.06. The van der Waals surface area contributed by atoms with Crippen LogP contribution in [0.5, 0.6) is 0 Å². The van der Waals surface area contributed by atoms with Gasteiger partial charge in [0.1, 0.15) is 5.82 Å². The van der Waals surface area contributed by atoms with E-state index in [2.05, 4.69) is 40.2 Å². The van der Waals surface area contributed by atoms with E-state index in [9.17, 15) is 0 Å². The summed E-state index contributed by atoms with van der Waals surface area (Å²) in [7, 11) is 0. The first-order chi connectivity index (χ1) is 13.7. The standard InChI is InChI=1S/C22H19N5O/c1-14-3-2-4-18(13-14)20-19(15-9-11-24-12-10-15)25-22(26-20)17-7-5-16(6-8-17)21(23)27-28/h2-13,28H,1H3,(H2,23,27)(H,25,26). The van der Waals surface area contributed by atoms with Crippen LogP contribution in [0.2, 0.25) is 0 Å². The molecule has 0 amide bonds. The number of hydrogen-bond acceptors (Lipinski definition) is 4. The molecule has 0 unspecified atom stereocenters. The molecular weight excluding hydrogens is 350 g/mol. The Morgan fingerprint density at radius 3 is 2.39 bits per heavy atom. The molecule has 4 aromatic rings. The number of oxime groups is 1. The molecule has 0 aliphatic heterocycles. The Balaban J connectivity index is 1.84. The van der Waals surface area contributed by atoms with Gasteiger partial charge in [0.15, 0.2) is 5.84 Å². The van der Waals surface area contributed by atoms with Crippen molar-refractivity contribution in [2.24, 2.45) is 10.9 Å². The molecule has 0 spiro atoms. The van der Waals surface area contributed by atoms with Crippen LogP contribution in [-0.2, 0) is 0 Å². The van der Waals surface area contributed by atoms with Gasteiger partial charge >= 0.3 is 0 Å². The van der Waals surface area contributed by atoms with E-state index in [1.165, 1.54) is 5.56 Å². The predicted molar refractivity (Wildman–Crippen MR) is 110 cm³/mol. The molecular formula is C22H19N5O. The van der Waals surface area contributed by atoms with Crippen molar-refractivity contribution in [3.05, 3.63) is 84.2 Å². The Hall–Kier alpha value is -3.93. The van der Waals surface area contributed by atoms with Crippen LogP contribution in [0.1, 0.15) is 11.1 Å². The lowest BCUT2D eigenvalue weighted by molar-refractivity contribution is 0.318. The largest absolute Gasteiger partial charge is 0.409 e. The van der Waals surface area contributed by atoms with Crippen LogP contribution in [0.25, 0.3) is 33.9 Å². The van der Waals surface area contributed by atoms with Crippen molar-refractivity contribution < 1.29 is 5.21 Å². The molecule has 2 aromatic heterocycles. The average Bonchev–Trinajstić information content (AvgIpc) is 3.19. The fourth-order valence-corrected chi connectivity index (χ4v) is 3.10. The van der Waals surface area contributed by atoms with E-state index in [1.807, 2.05) is 30.3 Å². The summed E-state index contributed by atoms with van der Waals surface area (Å²) >= 11 is 0. The molecule has 4 rings (SSSR count). The van der Waals surface area contributed by atoms with Gasteiger partial charge in [-0.3, -0.25) is 4.98 Å². The Labute approximate surface area is 162 Å². The molecule has 0 bridgehead atoms. The van der Waals surface area contributed by atoms with Crippen LogP contribution in [0.4, 0.5) is 0 Å². The number of H-pyrrole nitrogens is 1. The van der Waals surface area contributed by atoms with Gasteiger partial charge in [-0.05, 0) is 25.1 Å². The van der Waals surface area contributed by atoms with Crippen LogP contribution in [-0.4, -0.2) is 26.0 Å². The second kappa shape index (κ2) is 7.36. The Morgan fingerprint density at radius 1 is 0.964 bits per heavy atom. The molecule has 0 saturated heterocycles. The predicted octanol–water partition coefficient (Wildman–Crippen LogP) is 4.21. The number of benzene rings is 2. The van der Waals surface area contributed by atoms with Crippen molar-refractivity contribution >= 4 is 5.84 Å². The van der Waals surface area contributed by atoms with Crippen molar-refractivity contribution in [1.82, 2.24) is 15.0 Å². The average molecular weight is 369 g/mol. The van der Waals surface area contributed by atoms with Gasteiger partial charge in [0.05, 0.1) is 11.4 Å². The number of aryl methyl sites for hydroxylation is 1. The van der Waals surface area contributed by atoms with Crippen molar-refractivity contribution in [3.63, 3.8) is 0 Å². The summed E-state index contributed by atoms with van der Waals surface area (Å²) in [5.74, 6) is 0.818. The molecule has 138 valence electrons. The molecule has 28 heavy (non-hydrogen) atoms. The first-order valence-electron chi connectivity index (χ1n) is 8.81. The van der Waals surface area contributed by atoms with Gasteiger partial charge in [-0.2, -0.15) is 0 Å². The summed E-state index contributed by atoms with van der Waals surface area (Å²) in [6, 6.07) is 19.6. The number of nitrogens with two attached hydrogens (primary N) is 1. The number of amidine groups is 1. The number of aromatic amines is 1. The topological polar surface area (TPSA) is 100 Å². The Kier molecular flexibility index (Phi) is 4.60. The minimum Gasteiger partial charge on any atom is -0.409 e. The molecule has 0 saturated carbocycles. The fraction of sp³-hybridized carbons (Fsp3) is 0.0455. The molecule has 2 heterocycles. The van der Waals surface area contributed by atoms with Gasteiger partial charge in [0, 0.05) is 34.6 Å². The molecule has 2 aromatic carbocycles. The molecule has 0 aliphatic rings. The number of pyridine rings is 1. The molecule has 6 heteroatoms. The maximum Gasteiger partial charge on any atom is 0.170 e. The van der Waals surface area contributed by atoms with Crippen molar-refractivity contribution in [2.75, 3.05) is 0 Å². The highest BCUT2D eigenvalue weighted by molar-refractivity contribution is 5.97. The highest BCUT2D eigenvalue weighted by Crippen LogP contribution is 2.33. The molecule has 0 atom stereocenters. The van der Waals surface area contributed by atoms with Crippen LogP contribution in [0.3, 0.4) is 0 Å². The minimum absolute atomic E-state index is 0.0731. The fourth-order valence-electron chi connectivity index (χ4n) is 3.10. The van der Waals surface area contributed by atoms with Gasteiger partial charge in [-0.15, -0.1) is 0 Å². The number of nitrogens with one attached hydrogen (secondary N) is 1. The van der Waals surface area contributed by atoms with Crippen molar-refractivity contribution in [3.8, 4) is 33.9 Å². The summed E-state index contributed by atoms with van der Waals surface area (Å²) in [4.78, 5) is 12.4. The van der Waals surface area contributed by atoms with Gasteiger partial charge < -0.3 is 15.9 Å². The maximum absolute atomic E-state index is 8.83. The first-order valence-corrected chi connectivity index (χ1v) is 8.81. The van der Waals surface area contributed by atoms with E-state index < -0.39 is 0 Å². The molecule has 0 fully saturated rings. The SMILES string of the molecule is Cc1cccc(-c2nc(-c3ccc(/C(N)=N\O)cc3)[nH]c2-c2ccncc2)c1. The summed E-state index contributed by atoms with van der Waals surface area (Å²) in [5.41, 5.74) is 12.2. The molecule has 6 nitrogen and oxygen atoms in total. The highest BCUT2D eigenvalue weighted by Gasteiger charge is 2.15. The minimum atomic E-state index is 0.0731. The van der Waals surface area contributed by atoms with Gasteiger partial charge in [-0.1, -0.05) is 53.2 Å². The highest BCUT2D eigenvalue weighted by atomic mass is 16.4. The van der Waals surface area contributed by atoms with E-state index in [4.69, 9.17) is 15.9 Å². The Bertz CT molecular complexity index is 1130. The van der Waals surface area contributed by atoms with E-state index >= 15 is 0 Å². The number of nitrogens with zero attached hydrogens (tertiary/aromatic N) is 3. The third-order valence-electron chi connectivity index (χ3n) is 4.53. The second-order valence-corrected chi connectivity index (χ2v) is 6.48. The molecule has 4 N–H and O–H groups in total. The van der Waals surface area contributed by atoms with Gasteiger partial charge in [0.25, 0.3) is 0 Å². The number of imidazole rings is 1.